The predicted octanol–water partition coefficient (Wildman–Crippen LogP) is 6.09. The Morgan fingerprint density at radius 3 is 2.00 bits per heavy atom. The molecule has 220 valence electrons. The Morgan fingerprint density at radius 2 is 1.50 bits per heavy atom. The van der Waals surface area contributed by atoms with Gasteiger partial charge >= 0.3 is 18.4 Å². The van der Waals surface area contributed by atoms with Crippen molar-refractivity contribution in [3.8, 4) is 0 Å². The fourth-order valence-electron chi connectivity index (χ4n) is 4.21. The van der Waals surface area contributed by atoms with E-state index in [0.29, 0.717) is 18.2 Å². The summed E-state index contributed by atoms with van der Waals surface area (Å²) in [6.07, 6.45) is -10.9. The fourth-order valence-corrected chi connectivity index (χ4v) is 4.21. The monoisotopic (exact) mass is 581 g/mol. The number of benzene rings is 2. The van der Waals surface area contributed by atoms with Gasteiger partial charge in [-0.25, -0.2) is 13.6 Å². The largest absolute Gasteiger partial charge is 0.444 e. The molecule has 1 aliphatic heterocycles. The predicted molar refractivity (Wildman–Crippen MR) is 128 cm³/mol. The molecular weight excluding hydrogens is 554 g/mol. The van der Waals surface area contributed by atoms with Crippen LogP contribution in [-0.2, 0) is 28.4 Å². The van der Waals surface area contributed by atoms with Crippen molar-refractivity contribution in [3.63, 3.8) is 0 Å². The molecule has 1 unspecified atom stereocenters. The van der Waals surface area contributed by atoms with Crippen molar-refractivity contribution in [1.82, 2.24) is 9.80 Å². The number of hydrogen-bond donors (Lipinski definition) is 0. The van der Waals surface area contributed by atoms with E-state index in [0.717, 1.165) is 24.1 Å². The minimum absolute atomic E-state index is 0.0121. The van der Waals surface area contributed by atoms with Crippen molar-refractivity contribution in [2.24, 2.45) is 0 Å². The SMILES string of the molecule is CN(Cc1cc(C(F)(F)F)cc(C(F)(F)F)c1)C(=O)C1CN(C(=O)OC(C)(C)C)CCN1c1ccc(F)cc1F. The molecule has 14 heteroatoms. The molecule has 0 radical (unpaired) electrons. The van der Waals surface area contributed by atoms with Crippen LogP contribution in [0.15, 0.2) is 36.4 Å². The standard InChI is InChI=1S/C26H27F8N3O3/c1-24(2,3)40-23(39)36-7-8-37(20-6-5-18(27)12-19(20)28)21(14-36)22(38)35(4)13-15-9-16(25(29,30)31)11-17(10-15)26(32,33)34/h5-6,9-12,21H,7-8,13-14H2,1-4H3. The lowest BCUT2D eigenvalue weighted by Gasteiger charge is -2.43. The maximum atomic E-state index is 14.7. The molecule has 0 spiro atoms. The number of rotatable bonds is 4. The second-order valence-electron chi connectivity index (χ2n) is 10.3. The van der Waals surface area contributed by atoms with Crippen molar-refractivity contribution in [2.75, 3.05) is 31.6 Å². The molecule has 2 amide bonds. The molecule has 1 aliphatic rings. The Morgan fingerprint density at radius 1 is 0.925 bits per heavy atom. The molecule has 0 bridgehead atoms. The van der Waals surface area contributed by atoms with Gasteiger partial charge in [0.15, 0.2) is 0 Å². The lowest BCUT2D eigenvalue weighted by Crippen LogP contribution is -2.61. The first kappa shape index (κ1) is 31.0. The van der Waals surface area contributed by atoms with Crippen LogP contribution in [0.3, 0.4) is 0 Å². The number of halogens is 8. The topological polar surface area (TPSA) is 53.1 Å². The third-order valence-corrected chi connectivity index (χ3v) is 5.98. The highest BCUT2D eigenvalue weighted by atomic mass is 19.4. The Labute approximate surface area is 225 Å². The smallest absolute Gasteiger partial charge is 0.416 e. The fraction of sp³-hybridized carbons (Fsp3) is 0.462. The van der Waals surface area contributed by atoms with Gasteiger partial charge in [-0.15, -0.1) is 0 Å². The van der Waals surface area contributed by atoms with Crippen LogP contribution < -0.4 is 4.90 Å². The van der Waals surface area contributed by atoms with Gasteiger partial charge in [-0.1, -0.05) is 0 Å². The van der Waals surface area contributed by atoms with Crippen LogP contribution in [0.4, 0.5) is 45.6 Å². The third kappa shape index (κ3) is 7.54. The summed E-state index contributed by atoms with van der Waals surface area (Å²) in [6.45, 7) is 3.75. The summed E-state index contributed by atoms with van der Waals surface area (Å²) in [7, 11) is 1.15. The van der Waals surface area contributed by atoms with Crippen LogP contribution in [0.25, 0.3) is 0 Å². The second-order valence-corrected chi connectivity index (χ2v) is 10.3. The second kappa shape index (κ2) is 11.1. The lowest BCUT2D eigenvalue weighted by atomic mass is 10.0. The zero-order chi connectivity index (χ0) is 30.2. The first-order valence-corrected chi connectivity index (χ1v) is 12.0. The van der Waals surface area contributed by atoms with Crippen molar-refractivity contribution in [2.45, 2.75) is 51.3 Å². The molecule has 1 heterocycles. The molecule has 0 N–H and O–H groups in total. The van der Waals surface area contributed by atoms with E-state index in [-0.39, 0.29) is 31.4 Å². The normalized spacial score (nSPS) is 16.6. The molecule has 1 fully saturated rings. The van der Waals surface area contributed by atoms with E-state index in [2.05, 4.69) is 0 Å². The summed E-state index contributed by atoms with van der Waals surface area (Å²) in [4.78, 5) is 29.6. The first-order chi connectivity index (χ1) is 18.3. The molecule has 1 atom stereocenters. The van der Waals surface area contributed by atoms with Crippen LogP contribution in [-0.4, -0.2) is 60.1 Å². The summed E-state index contributed by atoms with van der Waals surface area (Å²) in [5, 5.41) is 0. The third-order valence-electron chi connectivity index (χ3n) is 5.98. The van der Waals surface area contributed by atoms with E-state index in [9.17, 15) is 44.7 Å². The van der Waals surface area contributed by atoms with Gasteiger partial charge in [-0.3, -0.25) is 4.79 Å². The summed E-state index contributed by atoms with van der Waals surface area (Å²) >= 11 is 0. The average Bonchev–Trinajstić information content (AvgIpc) is 2.81. The zero-order valence-corrected chi connectivity index (χ0v) is 22.0. The molecule has 0 saturated carbocycles. The number of ether oxygens (including phenoxy) is 1. The van der Waals surface area contributed by atoms with Crippen LogP contribution in [0.2, 0.25) is 0 Å². The Hall–Kier alpha value is -3.58. The van der Waals surface area contributed by atoms with Crippen LogP contribution in [0.5, 0.6) is 0 Å². The van der Waals surface area contributed by atoms with E-state index in [1.807, 2.05) is 0 Å². The number of hydrogen-bond acceptors (Lipinski definition) is 4. The van der Waals surface area contributed by atoms with Gasteiger partial charge in [0.1, 0.15) is 23.3 Å². The van der Waals surface area contributed by atoms with Crippen LogP contribution in [0.1, 0.15) is 37.5 Å². The maximum absolute atomic E-state index is 14.7. The number of amides is 2. The van der Waals surface area contributed by atoms with Gasteiger partial charge in [-0.2, -0.15) is 26.3 Å². The van der Waals surface area contributed by atoms with Gasteiger partial charge in [-0.05, 0) is 56.7 Å². The van der Waals surface area contributed by atoms with E-state index >= 15 is 0 Å². The number of anilines is 1. The molecule has 3 rings (SSSR count). The van der Waals surface area contributed by atoms with E-state index in [1.54, 1.807) is 20.8 Å². The molecule has 2 aromatic carbocycles. The Bertz CT molecular complexity index is 1220. The summed E-state index contributed by atoms with van der Waals surface area (Å²) < 4.78 is 113. The van der Waals surface area contributed by atoms with E-state index in [1.165, 1.54) is 9.80 Å². The minimum Gasteiger partial charge on any atom is -0.444 e. The number of piperazine rings is 1. The summed E-state index contributed by atoms with van der Waals surface area (Å²) in [5.74, 6) is -2.71. The van der Waals surface area contributed by atoms with Gasteiger partial charge < -0.3 is 19.4 Å². The highest BCUT2D eigenvalue weighted by molar-refractivity contribution is 5.86. The summed E-state index contributed by atoms with van der Waals surface area (Å²) in [5.41, 5.74) is -4.58. The molecule has 40 heavy (non-hydrogen) atoms. The number of carbonyl (C=O) groups is 2. The van der Waals surface area contributed by atoms with Gasteiger partial charge in [0.05, 0.1) is 23.4 Å². The van der Waals surface area contributed by atoms with Crippen LogP contribution >= 0.6 is 0 Å². The number of likely N-dealkylation sites (N-methyl/N-ethyl adjacent to an activating group) is 1. The van der Waals surface area contributed by atoms with Gasteiger partial charge in [0.25, 0.3) is 0 Å². The van der Waals surface area contributed by atoms with Crippen LogP contribution in [0, 0.1) is 11.6 Å². The first-order valence-electron chi connectivity index (χ1n) is 12.0. The van der Waals surface area contributed by atoms with E-state index in [4.69, 9.17) is 4.74 Å². The molecule has 2 aromatic rings. The highest BCUT2D eigenvalue weighted by Gasteiger charge is 2.40. The van der Waals surface area contributed by atoms with E-state index < -0.39 is 70.9 Å². The number of carbonyl (C=O) groups excluding carboxylic acids is 2. The Kier molecular flexibility index (Phi) is 8.61. The zero-order valence-electron chi connectivity index (χ0n) is 22.0. The molecule has 1 saturated heterocycles. The molecular formula is C26H27F8N3O3. The Balaban J connectivity index is 1.95. The molecule has 0 aliphatic carbocycles. The van der Waals surface area contributed by atoms with Crippen molar-refractivity contribution in [1.29, 1.82) is 0 Å². The lowest BCUT2D eigenvalue weighted by molar-refractivity contribution is -0.143. The van der Waals surface area contributed by atoms with Crippen molar-refractivity contribution >= 4 is 17.7 Å². The van der Waals surface area contributed by atoms with Gasteiger partial charge in [0, 0.05) is 32.7 Å². The quantitative estimate of drug-likeness (QED) is 0.411. The number of alkyl halides is 6. The molecule has 6 nitrogen and oxygen atoms in total. The molecule has 0 aromatic heterocycles. The number of nitrogens with zero attached hydrogens (tertiary/aromatic N) is 3. The average molecular weight is 582 g/mol. The maximum Gasteiger partial charge on any atom is 0.416 e. The van der Waals surface area contributed by atoms with Crippen molar-refractivity contribution < 1.29 is 49.4 Å². The van der Waals surface area contributed by atoms with Gasteiger partial charge in [0.2, 0.25) is 5.91 Å². The summed E-state index contributed by atoms with van der Waals surface area (Å²) in [6, 6.07) is 2.32. The highest BCUT2D eigenvalue weighted by Crippen LogP contribution is 2.36. The minimum atomic E-state index is -5.08. The van der Waals surface area contributed by atoms with Crippen molar-refractivity contribution in [3.05, 3.63) is 64.7 Å².